The molecule has 0 saturated heterocycles. The van der Waals surface area contributed by atoms with Crippen molar-refractivity contribution in [1.29, 1.82) is 0 Å². The predicted molar refractivity (Wildman–Crippen MR) is 76.3 cm³/mol. The summed E-state index contributed by atoms with van der Waals surface area (Å²) in [5.74, 6) is 0.925. The monoisotopic (exact) mass is 262 g/mol. The fourth-order valence-corrected chi connectivity index (χ4v) is 2.09. The smallest absolute Gasteiger partial charge is 0.182 e. The Kier molecular flexibility index (Phi) is 3.87. The molecule has 1 aromatic heterocycles. The minimum absolute atomic E-state index is 0.183. The molecule has 4 heteroatoms. The second-order valence-electron chi connectivity index (χ2n) is 5.01. The molecule has 0 saturated carbocycles. The van der Waals surface area contributed by atoms with E-state index < -0.39 is 0 Å². The molecule has 0 spiro atoms. The maximum absolute atomic E-state index is 5.95. The van der Waals surface area contributed by atoms with Crippen molar-refractivity contribution < 1.29 is 4.74 Å². The molecule has 0 unspecified atom stereocenters. The molecule has 18 heavy (non-hydrogen) atoms. The maximum Gasteiger partial charge on any atom is 0.182 e. The van der Waals surface area contributed by atoms with E-state index in [0.29, 0.717) is 0 Å². The van der Waals surface area contributed by atoms with Gasteiger partial charge < -0.3 is 10.1 Å². The van der Waals surface area contributed by atoms with Crippen molar-refractivity contribution in [1.82, 2.24) is 4.98 Å². The molecule has 0 amide bonds. The Hall–Kier alpha value is -1.55. The van der Waals surface area contributed by atoms with Gasteiger partial charge in [0, 0.05) is 23.7 Å². The van der Waals surface area contributed by atoms with Gasteiger partial charge in [0.2, 0.25) is 0 Å². The number of para-hydroxylation sites is 1. The average molecular weight is 262 g/mol. The molecule has 0 atom stereocenters. The number of nitrogens with one attached hydrogen (secondary N) is 1. The van der Waals surface area contributed by atoms with Gasteiger partial charge in [0.15, 0.2) is 5.13 Å². The molecule has 96 valence electrons. The summed E-state index contributed by atoms with van der Waals surface area (Å²) < 4.78 is 5.95. The third kappa shape index (κ3) is 3.74. The first-order chi connectivity index (χ1) is 8.54. The van der Waals surface area contributed by atoms with Crippen molar-refractivity contribution in [3.63, 3.8) is 0 Å². The van der Waals surface area contributed by atoms with E-state index in [2.05, 4.69) is 37.1 Å². The van der Waals surface area contributed by atoms with Crippen LogP contribution in [0.25, 0.3) is 0 Å². The van der Waals surface area contributed by atoms with E-state index in [4.69, 9.17) is 4.74 Å². The summed E-state index contributed by atoms with van der Waals surface area (Å²) in [5, 5.41) is 6.18. The van der Waals surface area contributed by atoms with Gasteiger partial charge >= 0.3 is 0 Å². The van der Waals surface area contributed by atoms with Gasteiger partial charge in [0.1, 0.15) is 11.4 Å². The number of anilines is 1. The maximum atomic E-state index is 5.95. The van der Waals surface area contributed by atoms with E-state index >= 15 is 0 Å². The average Bonchev–Trinajstić information content (AvgIpc) is 2.79. The van der Waals surface area contributed by atoms with Crippen LogP contribution in [0.3, 0.4) is 0 Å². The zero-order valence-corrected chi connectivity index (χ0v) is 11.8. The summed E-state index contributed by atoms with van der Waals surface area (Å²) in [7, 11) is 0. The number of hydrogen-bond donors (Lipinski definition) is 1. The number of rotatable bonds is 4. The van der Waals surface area contributed by atoms with Gasteiger partial charge in [-0.15, -0.1) is 11.3 Å². The number of nitrogens with zero attached hydrogens (tertiary/aromatic N) is 1. The molecule has 0 radical (unpaired) electrons. The van der Waals surface area contributed by atoms with Crippen molar-refractivity contribution in [2.75, 3.05) is 5.32 Å². The quantitative estimate of drug-likeness (QED) is 0.906. The highest BCUT2D eigenvalue weighted by Crippen LogP contribution is 2.24. The lowest BCUT2D eigenvalue weighted by atomic mass is 10.1. The minimum atomic E-state index is -0.183. The lowest BCUT2D eigenvalue weighted by Crippen LogP contribution is -2.23. The minimum Gasteiger partial charge on any atom is -0.488 e. The molecule has 0 aliphatic carbocycles. The third-order valence-electron chi connectivity index (χ3n) is 2.25. The van der Waals surface area contributed by atoms with Crippen LogP contribution in [0, 0.1) is 0 Å². The molecular formula is C14H18N2OS. The van der Waals surface area contributed by atoms with Crippen LogP contribution in [0.15, 0.2) is 35.8 Å². The van der Waals surface area contributed by atoms with Gasteiger partial charge in [-0.3, -0.25) is 0 Å². The fraction of sp³-hybridized carbons (Fsp3) is 0.357. The van der Waals surface area contributed by atoms with Gasteiger partial charge in [0.25, 0.3) is 0 Å². The molecular weight excluding hydrogens is 244 g/mol. The largest absolute Gasteiger partial charge is 0.488 e. The number of benzene rings is 1. The molecule has 0 aliphatic rings. The summed E-state index contributed by atoms with van der Waals surface area (Å²) in [6.45, 7) is 6.88. The van der Waals surface area contributed by atoms with Crippen LogP contribution in [0.1, 0.15) is 26.3 Å². The van der Waals surface area contributed by atoms with Gasteiger partial charge in [0.05, 0.1) is 0 Å². The lowest BCUT2D eigenvalue weighted by molar-refractivity contribution is 0.129. The summed E-state index contributed by atoms with van der Waals surface area (Å²) in [6, 6.07) is 8.09. The summed E-state index contributed by atoms with van der Waals surface area (Å²) >= 11 is 1.60. The third-order valence-corrected chi connectivity index (χ3v) is 2.98. The van der Waals surface area contributed by atoms with E-state index in [1.165, 1.54) is 0 Å². The van der Waals surface area contributed by atoms with Gasteiger partial charge in [-0.05, 0) is 26.8 Å². The molecule has 0 aliphatic heterocycles. The lowest BCUT2D eigenvalue weighted by Gasteiger charge is -2.23. The van der Waals surface area contributed by atoms with Crippen LogP contribution in [0.4, 0.5) is 5.13 Å². The SMILES string of the molecule is CC(C)(C)Oc1ccccc1CNc1nccs1. The topological polar surface area (TPSA) is 34.1 Å². The molecule has 3 nitrogen and oxygen atoms in total. The van der Waals surface area contributed by atoms with E-state index in [-0.39, 0.29) is 5.60 Å². The Morgan fingerprint density at radius 3 is 2.72 bits per heavy atom. The van der Waals surface area contributed by atoms with Crippen LogP contribution in [0.2, 0.25) is 0 Å². The number of hydrogen-bond acceptors (Lipinski definition) is 4. The molecule has 0 bridgehead atoms. The molecule has 2 aromatic rings. The second kappa shape index (κ2) is 5.40. The van der Waals surface area contributed by atoms with Crippen LogP contribution >= 0.6 is 11.3 Å². The first-order valence-electron chi connectivity index (χ1n) is 5.95. The Bertz CT molecular complexity index is 489. The van der Waals surface area contributed by atoms with E-state index in [9.17, 15) is 0 Å². The summed E-state index contributed by atoms with van der Waals surface area (Å²) in [5.41, 5.74) is 0.958. The van der Waals surface area contributed by atoms with Crippen LogP contribution in [-0.2, 0) is 6.54 Å². The summed E-state index contributed by atoms with van der Waals surface area (Å²) in [4.78, 5) is 4.20. The van der Waals surface area contributed by atoms with E-state index in [1.807, 2.05) is 23.6 Å². The van der Waals surface area contributed by atoms with Crippen LogP contribution < -0.4 is 10.1 Å². The number of thiazole rings is 1. The highest BCUT2D eigenvalue weighted by atomic mass is 32.1. The zero-order chi connectivity index (χ0) is 13.0. The van der Waals surface area contributed by atoms with E-state index in [1.54, 1.807) is 17.5 Å². The van der Waals surface area contributed by atoms with Crippen molar-refractivity contribution in [2.24, 2.45) is 0 Å². The fourth-order valence-electron chi connectivity index (χ4n) is 1.56. The normalized spacial score (nSPS) is 11.3. The Balaban J connectivity index is 2.07. The first kappa shape index (κ1) is 12.9. The predicted octanol–water partition coefficient (Wildman–Crippen LogP) is 3.93. The standard InChI is InChI=1S/C14H18N2OS/c1-14(2,3)17-12-7-5-4-6-11(12)10-16-13-15-8-9-18-13/h4-9H,10H2,1-3H3,(H,15,16). The Labute approximate surface area is 112 Å². The second-order valence-corrected chi connectivity index (χ2v) is 5.91. The highest BCUT2D eigenvalue weighted by molar-refractivity contribution is 7.13. The van der Waals surface area contributed by atoms with Crippen LogP contribution in [0.5, 0.6) is 5.75 Å². The van der Waals surface area contributed by atoms with Gasteiger partial charge in [-0.2, -0.15) is 0 Å². The summed E-state index contributed by atoms with van der Waals surface area (Å²) in [6.07, 6.45) is 1.80. The molecule has 1 N–H and O–H groups in total. The van der Waals surface area contributed by atoms with Crippen molar-refractivity contribution in [2.45, 2.75) is 32.9 Å². The zero-order valence-electron chi connectivity index (χ0n) is 10.9. The highest BCUT2D eigenvalue weighted by Gasteiger charge is 2.14. The molecule has 1 heterocycles. The van der Waals surface area contributed by atoms with Crippen molar-refractivity contribution >= 4 is 16.5 Å². The van der Waals surface area contributed by atoms with Crippen LogP contribution in [-0.4, -0.2) is 10.6 Å². The number of ether oxygens (including phenoxy) is 1. The first-order valence-corrected chi connectivity index (χ1v) is 6.83. The number of aromatic nitrogens is 1. The molecule has 0 fully saturated rings. The van der Waals surface area contributed by atoms with Gasteiger partial charge in [-0.1, -0.05) is 18.2 Å². The van der Waals surface area contributed by atoms with E-state index in [0.717, 1.165) is 23.0 Å². The van der Waals surface area contributed by atoms with Crippen molar-refractivity contribution in [3.05, 3.63) is 41.4 Å². The molecule has 2 rings (SSSR count). The Morgan fingerprint density at radius 1 is 1.28 bits per heavy atom. The van der Waals surface area contributed by atoms with Crippen molar-refractivity contribution in [3.8, 4) is 5.75 Å². The molecule has 1 aromatic carbocycles. The Morgan fingerprint density at radius 2 is 2.06 bits per heavy atom. The van der Waals surface area contributed by atoms with Gasteiger partial charge in [-0.25, -0.2) is 4.98 Å².